The number of nitrogens with two attached hydrogens (primary N) is 1. The summed E-state index contributed by atoms with van der Waals surface area (Å²) in [7, 11) is -4.29. The highest BCUT2D eigenvalue weighted by molar-refractivity contribution is 7.47. The summed E-state index contributed by atoms with van der Waals surface area (Å²) in [4.78, 5) is 22.5. The minimum Gasteiger partial charge on any atom is -0.457 e. The fourth-order valence-corrected chi connectivity index (χ4v) is 6.33. The molecular weight excluding hydrogens is 721 g/mol. The van der Waals surface area contributed by atoms with Crippen molar-refractivity contribution in [2.45, 2.75) is 174 Å². The third-order valence-corrected chi connectivity index (χ3v) is 9.78. The van der Waals surface area contributed by atoms with Crippen molar-refractivity contribution >= 4 is 13.8 Å². The largest absolute Gasteiger partial charge is 0.472 e. The van der Waals surface area contributed by atoms with Gasteiger partial charge in [-0.2, -0.15) is 0 Å². The smallest absolute Gasteiger partial charge is 0.457 e. The standard InChI is InChI=1S/C47H82NO7P/c1-3-5-7-9-11-13-15-17-18-19-20-21-22-23-24-25-26-27-28-29-30-32-34-36-38-40-47(49)55-46(45-54-56(50,51)53-43-41-48)44-52-42-39-37-35-33-31-16-14-12-10-8-6-4-2/h5,7,10-13,17-18,20-21,23-24,26-27,46H,3-4,6,8-9,14-16,19,22,25,28-45,48H2,1-2H3,(H,50,51)/b7-5-,12-10-,13-11-,18-17-,21-20-,24-23-,27-26-. The number of phosphoric ester groups is 1. The molecule has 2 unspecified atom stereocenters. The minimum absolute atomic E-state index is 0.0923. The number of carbonyl (C=O) groups is 1. The van der Waals surface area contributed by atoms with Gasteiger partial charge in [0.05, 0.1) is 19.8 Å². The van der Waals surface area contributed by atoms with Gasteiger partial charge in [-0.05, 0) is 83.5 Å². The van der Waals surface area contributed by atoms with Crippen molar-refractivity contribution in [1.29, 1.82) is 0 Å². The van der Waals surface area contributed by atoms with Crippen LogP contribution in [0.4, 0.5) is 0 Å². The molecule has 0 aliphatic heterocycles. The lowest BCUT2D eigenvalue weighted by Gasteiger charge is -2.20. The molecule has 0 aromatic carbocycles. The van der Waals surface area contributed by atoms with Crippen molar-refractivity contribution in [2.24, 2.45) is 5.73 Å². The fraction of sp³-hybridized carbons (Fsp3) is 0.681. The first-order chi connectivity index (χ1) is 27.4. The van der Waals surface area contributed by atoms with Gasteiger partial charge in [-0.25, -0.2) is 4.57 Å². The van der Waals surface area contributed by atoms with Crippen LogP contribution in [-0.4, -0.2) is 49.9 Å². The van der Waals surface area contributed by atoms with E-state index in [2.05, 4.69) is 98.9 Å². The van der Waals surface area contributed by atoms with Crippen LogP contribution in [0.2, 0.25) is 0 Å². The summed E-state index contributed by atoms with van der Waals surface area (Å²) in [6.45, 7) is 4.72. The highest BCUT2D eigenvalue weighted by Gasteiger charge is 2.25. The lowest BCUT2D eigenvalue weighted by atomic mass is 10.1. The molecule has 0 amide bonds. The maximum Gasteiger partial charge on any atom is 0.472 e. The molecule has 56 heavy (non-hydrogen) atoms. The van der Waals surface area contributed by atoms with Gasteiger partial charge in [0, 0.05) is 19.6 Å². The summed E-state index contributed by atoms with van der Waals surface area (Å²) in [5.74, 6) is -0.351. The van der Waals surface area contributed by atoms with E-state index in [0.29, 0.717) is 13.0 Å². The van der Waals surface area contributed by atoms with E-state index in [-0.39, 0.29) is 32.3 Å². The monoisotopic (exact) mass is 804 g/mol. The van der Waals surface area contributed by atoms with Gasteiger partial charge >= 0.3 is 13.8 Å². The number of ether oxygens (including phenoxy) is 2. The van der Waals surface area contributed by atoms with Crippen LogP contribution in [0, 0.1) is 0 Å². The Bertz CT molecular complexity index is 1130. The van der Waals surface area contributed by atoms with E-state index < -0.39 is 13.9 Å². The topological polar surface area (TPSA) is 117 Å². The molecule has 9 heteroatoms. The van der Waals surface area contributed by atoms with Gasteiger partial charge < -0.3 is 20.1 Å². The second-order valence-corrected chi connectivity index (χ2v) is 15.6. The summed E-state index contributed by atoms with van der Waals surface area (Å²) in [6, 6.07) is 0. The number of allylic oxidation sites excluding steroid dienone is 14. The van der Waals surface area contributed by atoms with Gasteiger partial charge in [0.15, 0.2) is 0 Å². The number of unbranched alkanes of at least 4 members (excludes halogenated alkanes) is 14. The van der Waals surface area contributed by atoms with E-state index in [1.54, 1.807) is 0 Å². The van der Waals surface area contributed by atoms with Crippen LogP contribution in [0.15, 0.2) is 85.1 Å². The van der Waals surface area contributed by atoms with Crippen LogP contribution >= 0.6 is 7.82 Å². The lowest BCUT2D eigenvalue weighted by Crippen LogP contribution is -2.28. The number of rotatable bonds is 41. The van der Waals surface area contributed by atoms with Crippen molar-refractivity contribution in [3.05, 3.63) is 85.1 Å². The quantitative estimate of drug-likeness (QED) is 0.0272. The Balaban J connectivity index is 4.05. The second-order valence-electron chi connectivity index (χ2n) is 14.2. The van der Waals surface area contributed by atoms with Gasteiger partial charge in [0.1, 0.15) is 6.10 Å². The molecule has 3 N–H and O–H groups in total. The summed E-state index contributed by atoms with van der Waals surface area (Å²) in [6.07, 6.45) is 56.0. The average molecular weight is 804 g/mol. The zero-order valence-electron chi connectivity index (χ0n) is 35.6. The summed E-state index contributed by atoms with van der Waals surface area (Å²) < 4.78 is 33.4. The summed E-state index contributed by atoms with van der Waals surface area (Å²) in [5.41, 5.74) is 5.36. The Morgan fingerprint density at radius 2 is 1.00 bits per heavy atom. The van der Waals surface area contributed by atoms with Crippen LogP contribution in [0.1, 0.15) is 168 Å². The molecule has 0 aromatic heterocycles. The number of phosphoric acid groups is 1. The summed E-state index contributed by atoms with van der Waals surface area (Å²) in [5, 5.41) is 0. The zero-order chi connectivity index (χ0) is 40.9. The second kappa shape index (κ2) is 43.8. The van der Waals surface area contributed by atoms with Gasteiger partial charge in [0.25, 0.3) is 0 Å². The van der Waals surface area contributed by atoms with Crippen molar-refractivity contribution in [2.75, 3.05) is 33.0 Å². The maximum absolute atomic E-state index is 12.6. The predicted molar refractivity (Wildman–Crippen MR) is 238 cm³/mol. The van der Waals surface area contributed by atoms with Crippen LogP contribution in [0.25, 0.3) is 0 Å². The van der Waals surface area contributed by atoms with Crippen molar-refractivity contribution in [3.63, 3.8) is 0 Å². The molecule has 0 saturated heterocycles. The number of hydrogen-bond donors (Lipinski definition) is 2. The molecule has 0 aromatic rings. The minimum atomic E-state index is -4.29. The maximum atomic E-state index is 12.6. The Morgan fingerprint density at radius 1 is 0.554 bits per heavy atom. The van der Waals surface area contributed by atoms with E-state index in [1.807, 2.05) is 0 Å². The SMILES string of the molecule is CC/C=C\C/C=C\C/C=C\C/C=C\C/C=C\C/C=C\CCCCCCCCC(=O)OC(COCCCCCCCC/C=C\CCCC)COP(=O)(O)OCCN. The molecule has 0 radical (unpaired) electrons. The van der Waals surface area contributed by atoms with Crippen LogP contribution in [-0.2, 0) is 27.9 Å². The molecule has 0 spiro atoms. The third kappa shape index (κ3) is 42.8. The molecular formula is C47H82NO7P. The van der Waals surface area contributed by atoms with E-state index >= 15 is 0 Å². The average Bonchev–Trinajstić information content (AvgIpc) is 3.19. The van der Waals surface area contributed by atoms with Gasteiger partial charge in [-0.3, -0.25) is 13.8 Å². The molecule has 0 fully saturated rings. The van der Waals surface area contributed by atoms with E-state index in [9.17, 15) is 14.3 Å². The molecule has 0 saturated carbocycles. The predicted octanol–water partition coefficient (Wildman–Crippen LogP) is 13.3. The van der Waals surface area contributed by atoms with E-state index in [4.69, 9.17) is 24.3 Å². The molecule has 0 aliphatic carbocycles. The third-order valence-electron chi connectivity index (χ3n) is 8.80. The first-order valence-corrected chi connectivity index (χ1v) is 23.6. The first-order valence-electron chi connectivity index (χ1n) is 22.1. The highest BCUT2D eigenvalue weighted by Crippen LogP contribution is 2.43. The zero-order valence-corrected chi connectivity index (χ0v) is 36.5. The Morgan fingerprint density at radius 3 is 1.52 bits per heavy atom. The number of hydrogen-bond acceptors (Lipinski definition) is 7. The lowest BCUT2D eigenvalue weighted by molar-refractivity contribution is -0.154. The van der Waals surface area contributed by atoms with Crippen molar-refractivity contribution < 1.29 is 32.8 Å². The number of carbonyl (C=O) groups excluding carboxylic acids is 1. The van der Waals surface area contributed by atoms with Gasteiger partial charge in [0.2, 0.25) is 0 Å². The Labute approximate surface area is 343 Å². The number of esters is 1. The van der Waals surface area contributed by atoms with Crippen LogP contribution < -0.4 is 5.73 Å². The highest BCUT2D eigenvalue weighted by atomic mass is 31.2. The molecule has 0 aliphatic rings. The molecule has 8 nitrogen and oxygen atoms in total. The summed E-state index contributed by atoms with van der Waals surface area (Å²) >= 11 is 0. The van der Waals surface area contributed by atoms with Crippen LogP contribution in [0.3, 0.4) is 0 Å². The van der Waals surface area contributed by atoms with Gasteiger partial charge in [-0.15, -0.1) is 0 Å². The Kier molecular flexibility index (Phi) is 42.0. The Hall–Kier alpha value is -2.32. The van der Waals surface area contributed by atoms with Crippen LogP contribution in [0.5, 0.6) is 0 Å². The first kappa shape index (κ1) is 53.7. The van der Waals surface area contributed by atoms with E-state index in [0.717, 1.165) is 83.5 Å². The molecule has 0 rings (SSSR count). The van der Waals surface area contributed by atoms with E-state index in [1.165, 1.54) is 64.2 Å². The van der Waals surface area contributed by atoms with Crippen molar-refractivity contribution in [1.82, 2.24) is 0 Å². The fourth-order valence-electron chi connectivity index (χ4n) is 5.57. The molecule has 0 bridgehead atoms. The normalized spacial score (nSPS) is 14.3. The van der Waals surface area contributed by atoms with Gasteiger partial charge in [-0.1, -0.05) is 163 Å². The molecule has 0 heterocycles. The molecule has 2 atom stereocenters. The van der Waals surface area contributed by atoms with Crippen molar-refractivity contribution in [3.8, 4) is 0 Å². The molecule has 322 valence electrons.